The van der Waals surface area contributed by atoms with Gasteiger partial charge in [0.1, 0.15) is 5.65 Å². The first-order chi connectivity index (χ1) is 12.1. The molecule has 0 aliphatic carbocycles. The third-order valence-electron chi connectivity index (χ3n) is 3.52. The Hall–Kier alpha value is -3.53. The van der Waals surface area contributed by atoms with Gasteiger partial charge < -0.3 is 4.74 Å². The fraction of sp³-hybridized carbons (Fsp3) is 0.167. The number of nitrogens with zero attached hydrogens (tertiary/aromatic N) is 5. The fourth-order valence-electron chi connectivity index (χ4n) is 2.37. The van der Waals surface area contributed by atoms with Gasteiger partial charge in [0.15, 0.2) is 11.5 Å². The minimum Gasteiger partial charge on any atom is -0.461 e. The van der Waals surface area contributed by atoms with Crippen molar-refractivity contribution in [3.8, 4) is 6.07 Å². The highest BCUT2D eigenvalue weighted by Crippen LogP contribution is 2.26. The van der Waals surface area contributed by atoms with E-state index in [0.717, 1.165) is 5.56 Å². The Kier molecular flexibility index (Phi) is 4.53. The van der Waals surface area contributed by atoms with Crippen LogP contribution in [0.15, 0.2) is 52.8 Å². The first kappa shape index (κ1) is 16.3. The Bertz CT molecular complexity index is 1010. The number of benzene rings is 1. The van der Waals surface area contributed by atoms with Crippen LogP contribution in [0.25, 0.3) is 5.65 Å². The van der Waals surface area contributed by atoms with Crippen LogP contribution < -0.4 is 0 Å². The van der Waals surface area contributed by atoms with Crippen molar-refractivity contribution in [2.24, 2.45) is 10.2 Å². The van der Waals surface area contributed by atoms with Crippen LogP contribution in [0.3, 0.4) is 0 Å². The minimum atomic E-state index is -0.551. The number of ether oxygens (including phenoxy) is 1. The second-order valence-electron chi connectivity index (χ2n) is 5.25. The fourth-order valence-corrected chi connectivity index (χ4v) is 2.37. The number of hydrogen-bond acceptors (Lipinski definition) is 6. The third-order valence-corrected chi connectivity index (χ3v) is 3.52. The molecule has 124 valence electrons. The second-order valence-corrected chi connectivity index (χ2v) is 5.25. The maximum Gasteiger partial charge on any atom is 0.360 e. The van der Waals surface area contributed by atoms with Crippen molar-refractivity contribution in [3.05, 3.63) is 59.4 Å². The molecule has 0 aliphatic heterocycles. The van der Waals surface area contributed by atoms with Crippen LogP contribution in [0.5, 0.6) is 0 Å². The Morgan fingerprint density at radius 1 is 1.32 bits per heavy atom. The standard InChI is InChI=1S/C18H15N5O2/c1-3-25-18(24)15-17(23-9-5-6-12(2)16(23)20-15)22-21-14-8-4-7-13(10-14)11-19/h4-10H,3H2,1-2H3. The van der Waals surface area contributed by atoms with Gasteiger partial charge in [-0.3, -0.25) is 4.40 Å². The van der Waals surface area contributed by atoms with Crippen LogP contribution >= 0.6 is 0 Å². The SMILES string of the molecule is CCOC(=O)c1nc2c(C)cccn2c1N=Nc1cccc(C#N)c1. The molecule has 0 radical (unpaired) electrons. The number of imidazole rings is 1. The van der Waals surface area contributed by atoms with Crippen LogP contribution in [0.1, 0.15) is 28.5 Å². The Morgan fingerprint density at radius 2 is 2.16 bits per heavy atom. The molecule has 0 saturated carbocycles. The zero-order valence-corrected chi connectivity index (χ0v) is 13.8. The number of esters is 1. The van der Waals surface area contributed by atoms with E-state index in [9.17, 15) is 4.79 Å². The van der Waals surface area contributed by atoms with Crippen molar-refractivity contribution < 1.29 is 9.53 Å². The Morgan fingerprint density at radius 3 is 2.92 bits per heavy atom. The zero-order valence-electron chi connectivity index (χ0n) is 13.8. The summed E-state index contributed by atoms with van der Waals surface area (Å²) in [5.74, 6) is -0.259. The van der Waals surface area contributed by atoms with Crippen LogP contribution in [0.2, 0.25) is 0 Å². The molecule has 0 fully saturated rings. The molecule has 2 heterocycles. The van der Waals surface area contributed by atoms with E-state index in [1.807, 2.05) is 19.1 Å². The van der Waals surface area contributed by atoms with Gasteiger partial charge in [-0.1, -0.05) is 12.1 Å². The van der Waals surface area contributed by atoms with Crippen molar-refractivity contribution in [2.75, 3.05) is 6.61 Å². The van der Waals surface area contributed by atoms with Crippen molar-refractivity contribution in [2.45, 2.75) is 13.8 Å². The number of pyridine rings is 1. The summed E-state index contributed by atoms with van der Waals surface area (Å²) >= 11 is 0. The van der Waals surface area contributed by atoms with Gasteiger partial charge in [-0.2, -0.15) is 5.26 Å². The monoisotopic (exact) mass is 333 g/mol. The molecule has 3 aromatic rings. The minimum absolute atomic E-state index is 0.108. The topological polar surface area (TPSA) is 92.1 Å². The number of carbonyl (C=O) groups excluding carboxylic acids is 1. The molecule has 0 amide bonds. The number of fused-ring (bicyclic) bond motifs is 1. The molecule has 0 atom stereocenters. The summed E-state index contributed by atoms with van der Waals surface area (Å²) < 4.78 is 6.76. The summed E-state index contributed by atoms with van der Waals surface area (Å²) in [5.41, 5.74) is 2.62. The van der Waals surface area contributed by atoms with Gasteiger partial charge >= 0.3 is 5.97 Å². The van der Waals surface area contributed by atoms with Crippen LogP contribution in [0.4, 0.5) is 11.5 Å². The van der Waals surface area contributed by atoms with E-state index in [-0.39, 0.29) is 12.3 Å². The van der Waals surface area contributed by atoms with E-state index in [1.165, 1.54) is 0 Å². The van der Waals surface area contributed by atoms with Gasteiger partial charge in [0.05, 0.1) is 23.9 Å². The van der Waals surface area contributed by atoms with Crippen molar-refractivity contribution in [3.63, 3.8) is 0 Å². The van der Waals surface area contributed by atoms with Gasteiger partial charge in [0, 0.05) is 6.20 Å². The average molecular weight is 333 g/mol. The van der Waals surface area contributed by atoms with Crippen molar-refractivity contribution in [1.82, 2.24) is 9.38 Å². The second kappa shape index (κ2) is 6.93. The molecule has 0 spiro atoms. The maximum atomic E-state index is 12.2. The summed E-state index contributed by atoms with van der Waals surface area (Å²) in [6.07, 6.45) is 1.76. The van der Waals surface area contributed by atoms with Gasteiger partial charge in [0.25, 0.3) is 0 Å². The maximum absolute atomic E-state index is 12.2. The first-order valence-corrected chi connectivity index (χ1v) is 7.70. The van der Waals surface area contributed by atoms with Gasteiger partial charge in [-0.05, 0) is 43.7 Å². The number of aryl methyl sites for hydroxylation is 1. The molecule has 1 aromatic carbocycles. The number of hydrogen-bond donors (Lipinski definition) is 0. The summed E-state index contributed by atoms with van der Waals surface area (Å²) in [7, 11) is 0. The molecule has 7 nitrogen and oxygen atoms in total. The molecule has 25 heavy (non-hydrogen) atoms. The quantitative estimate of drug-likeness (QED) is 0.530. The largest absolute Gasteiger partial charge is 0.461 e. The van der Waals surface area contributed by atoms with E-state index < -0.39 is 5.97 Å². The predicted molar refractivity (Wildman–Crippen MR) is 91.2 cm³/mol. The summed E-state index contributed by atoms with van der Waals surface area (Å²) in [6, 6.07) is 12.5. The smallest absolute Gasteiger partial charge is 0.360 e. The normalized spacial score (nSPS) is 10.9. The molecule has 7 heteroatoms. The number of azo groups is 1. The lowest BCUT2D eigenvalue weighted by atomic mass is 10.2. The molecule has 0 N–H and O–H groups in total. The number of aromatic nitrogens is 2. The van der Waals surface area contributed by atoms with E-state index in [0.29, 0.717) is 22.7 Å². The Labute approximate surface area is 144 Å². The molecule has 3 rings (SSSR count). The number of rotatable bonds is 4. The van der Waals surface area contributed by atoms with Crippen LogP contribution in [-0.2, 0) is 4.74 Å². The summed E-state index contributed by atoms with van der Waals surface area (Å²) in [5, 5.41) is 17.3. The van der Waals surface area contributed by atoms with E-state index in [4.69, 9.17) is 10.00 Å². The van der Waals surface area contributed by atoms with E-state index in [1.54, 1.807) is 41.8 Å². The predicted octanol–water partition coefficient (Wildman–Crippen LogP) is 4.11. The molecule has 2 aromatic heterocycles. The highest BCUT2D eigenvalue weighted by molar-refractivity contribution is 5.93. The molecular formula is C18H15N5O2. The average Bonchev–Trinajstić information content (AvgIpc) is 3.00. The van der Waals surface area contributed by atoms with Gasteiger partial charge in [-0.15, -0.1) is 10.2 Å². The van der Waals surface area contributed by atoms with E-state index >= 15 is 0 Å². The highest BCUT2D eigenvalue weighted by atomic mass is 16.5. The lowest BCUT2D eigenvalue weighted by Crippen LogP contribution is -2.05. The number of nitriles is 1. The van der Waals surface area contributed by atoms with Crippen LogP contribution in [0, 0.1) is 18.3 Å². The summed E-state index contributed by atoms with van der Waals surface area (Å²) in [4.78, 5) is 16.6. The number of carbonyl (C=O) groups is 1. The van der Waals surface area contributed by atoms with E-state index in [2.05, 4.69) is 21.3 Å². The van der Waals surface area contributed by atoms with Crippen LogP contribution in [-0.4, -0.2) is 22.0 Å². The van der Waals surface area contributed by atoms with Gasteiger partial charge in [0.2, 0.25) is 0 Å². The third kappa shape index (κ3) is 3.23. The molecule has 0 bridgehead atoms. The molecule has 0 unspecified atom stereocenters. The first-order valence-electron chi connectivity index (χ1n) is 7.70. The Balaban J connectivity index is 2.11. The lowest BCUT2D eigenvalue weighted by Gasteiger charge is -2.00. The molecular weight excluding hydrogens is 318 g/mol. The zero-order chi connectivity index (χ0) is 17.8. The molecule has 0 aliphatic rings. The summed E-state index contributed by atoms with van der Waals surface area (Å²) in [6.45, 7) is 3.87. The molecule has 0 saturated heterocycles. The van der Waals surface area contributed by atoms with Gasteiger partial charge in [-0.25, -0.2) is 9.78 Å². The highest BCUT2D eigenvalue weighted by Gasteiger charge is 2.21. The lowest BCUT2D eigenvalue weighted by molar-refractivity contribution is 0.0521. The van der Waals surface area contributed by atoms with Crippen molar-refractivity contribution >= 4 is 23.1 Å². The van der Waals surface area contributed by atoms with Crippen molar-refractivity contribution in [1.29, 1.82) is 5.26 Å².